The first-order chi connectivity index (χ1) is 11.1. The summed E-state index contributed by atoms with van der Waals surface area (Å²) in [5, 5.41) is 2.73. The van der Waals surface area contributed by atoms with Gasteiger partial charge in [0.2, 0.25) is 11.8 Å². The van der Waals surface area contributed by atoms with E-state index in [9.17, 15) is 18.0 Å². The normalized spacial score (nSPS) is 31.0. The third-order valence-electron chi connectivity index (χ3n) is 5.18. The third kappa shape index (κ3) is 5.82. The maximum atomic E-state index is 12.8. The molecule has 2 rings (SSSR count). The maximum Gasteiger partial charge on any atom is 0.239 e. The molecule has 9 heteroatoms. The summed E-state index contributed by atoms with van der Waals surface area (Å²) in [6.45, 7) is 4.13. The van der Waals surface area contributed by atoms with Crippen LogP contribution in [0.1, 0.15) is 46.0 Å². The van der Waals surface area contributed by atoms with E-state index < -0.39 is 15.4 Å². The number of nitrogens with zero attached hydrogens (tertiary/aromatic N) is 1. The predicted octanol–water partition coefficient (Wildman–Crippen LogP) is 0.468. The molecule has 0 spiro atoms. The molecule has 1 heterocycles. The van der Waals surface area contributed by atoms with Gasteiger partial charge in [0.05, 0.1) is 24.0 Å². The van der Waals surface area contributed by atoms with Gasteiger partial charge in [-0.3, -0.25) is 9.59 Å². The van der Waals surface area contributed by atoms with Crippen LogP contribution in [0.3, 0.4) is 0 Å². The highest BCUT2D eigenvalue weighted by atomic mass is 35.5. The van der Waals surface area contributed by atoms with Crippen molar-refractivity contribution in [3.05, 3.63) is 0 Å². The summed E-state index contributed by atoms with van der Waals surface area (Å²) < 4.78 is 22.9. The fourth-order valence-electron chi connectivity index (χ4n) is 3.69. The van der Waals surface area contributed by atoms with Crippen molar-refractivity contribution in [1.82, 2.24) is 10.2 Å². The molecule has 3 atom stereocenters. The zero-order valence-corrected chi connectivity index (χ0v) is 16.6. The Bertz CT molecular complexity index is 594. The summed E-state index contributed by atoms with van der Waals surface area (Å²) in [5.74, 6) is -0.534. The molecule has 2 amide bonds. The Balaban J connectivity index is 0.00000312. The first-order valence-electron chi connectivity index (χ1n) is 8.72. The molecule has 1 saturated carbocycles. The van der Waals surface area contributed by atoms with Crippen LogP contribution in [0.4, 0.5) is 0 Å². The number of sulfone groups is 1. The zero-order valence-electron chi connectivity index (χ0n) is 15.0. The number of likely N-dealkylation sites (N-methyl/N-ethyl adjacent to an activating group) is 1. The quantitative estimate of drug-likeness (QED) is 0.703. The summed E-state index contributed by atoms with van der Waals surface area (Å²) in [6.07, 6.45) is 4.02. The fourth-order valence-corrected chi connectivity index (χ4v) is 5.36. The third-order valence-corrected chi connectivity index (χ3v) is 6.95. The van der Waals surface area contributed by atoms with E-state index in [1.165, 1.54) is 4.90 Å². The van der Waals surface area contributed by atoms with Crippen molar-refractivity contribution in [2.75, 3.05) is 24.6 Å². The molecule has 3 N–H and O–H groups in total. The number of hydrogen-bond donors (Lipinski definition) is 2. The van der Waals surface area contributed by atoms with Crippen molar-refractivity contribution in [3.63, 3.8) is 0 Å². The molecule has 0 bridgehead atoms. The topological polar surface area (TPSA) is 110 Å². The number of hydrogen-bond acceptors (Lipinski definition) is 5. The van der Waals surface area contributed by atoms with Gasteiger partial charge in [0.25, 0.3) is 0 Å². The van der Waals surface area contributed by atoms with Gasteiger partial charge in [-0.05, 0) is 33.1 Å². The molecule has 0 aromatic carbocycles. The van der Waals surface area contributed by atoms with Crippen LogP contribution < -0.4 is 11.1 Å². The van der Waals surface area contributed by atoms with Crippen molar-refractivity contribution in [2.24, 2.45) is 11.7 Å². The zero-order chi connectivity index (χ0) is 18.0. The van der Waals surface area contributed by atoms with E-state index in [0.717, 1.165) is 25.7 Å². The van der Waals surface area contributed by atoms with E-state index in [0.29, 0.717) is 13.0 Å². The van der Waals surface area contributed by atoms with Gasteiger partial charge in [0.1, 0.15) is 0 Å². The second kappa shape index (κ2) is 8.68. The number of carbonyl (C=O) groups is 2. The van der Waals surface area contributed by atoms with Crippen molar-refractivity contribution in [1.29, 1.82) is 0 Å². The molecule has 0 aromatic rings. The van der Waals surface area contributed by atoms with Gasteiger partial charge in [0, 0.05) is 18.1 Å². The van der Waals surface area contributed by atoms with Crippen molar-refractivity contribution in [2.45, 2.75) is 57.5 Å². The molecule has 146 valence electrons. The summed E-state index contributed by atoms with van der Waals surface area (Å²) >= 11 is 0. The number of amides is 2. The molecule has 1 aliphatic carbocycles. The number of carbonyl (C=O) groups excluding carboxylic acids is 2. The largest absolute Gasteiger partial charge is 0.351 e. The molecular formula is C16H30ClN3O4S. The first-order valence-corrected chi connectivity index (χ1v) is 10.5. The Hall–Kier alpha value is -0.860. The Morgan fingerprint density at radius 3 is 2.48 bits per heavy atom. The van der Waals surface area contributed by atoms with Gasteiger partial charge in [0.15, 0.2) is 9.84 Å². The second-order valence-corrected chi connectivity index (χ2v) is 9.55. The van der Waals surface area contributed by atoms with Crippen molar-refractivity contribution >= 4 is 34.1 Å². The van der Waals surface area contributed by atoms with Crippen LogP contribution in [0.15, 0.2) is 0 Å². The highest BCUT2D eigenvalue weighted by Crippen LogP contribution is 2.32. The average molecular weight is 396 g/mol. The predicted molar refractivity (Wildman–Crippen MR) is 99.3 cm³/mol. The van der Waals surface area contributed by atoms with Crippen LogP contribution in [0.5, 0.6) is 0 Å². The lowest BCUT2D eigenvalue weighted by Crippen LogP contribution is -2.55. The van der Waals surface area contributed by atoms with Gasteiger partial charge < -0.3 is 16.0 Å². The maximum absolute atomic E-state index is 12.8. The van der Waals surface area contributed by atoms with Crippen LogP contribution in [0.2, 0.25) is 0 Å². The van der Waals surface area contributed by atoms with Gasteiger partial charge in [-0.25, -0.2) is 8.42 Å². The van der Waals surface area contributed by atoms with E-state index in [4.69, 9.17) is 5.73 Å². The monoisotopic (exact) mass is 395 g/mol. The molecule has 0 radical (unpaired) electrons. The molecule has 2 fully saturated rings. The molecule has 0 aromatic heterocycles. The Morgan fingerprint density at radius 2 is 1.96 bits per heavy atom. The molecule has 3 unspecified atom stereocenters. The van der Waals surface area contributed by atoms with Gasteiger partial charge in [-0.1, -0.05) is 12.8 Å². The van der Waals surface area contributed by atoms with E-state index >= 15 is 0 Å². The van der Waals surface area contributed by atoms with E-state index in [-0.39, 0.29) is 54.2 Å². The van der Waals surface area contributed by atoms with Crippen LogP contribution in [-0.4, -0.2) is 61.3 Å². The summed E-state index contributed by atoms with van der Waals surface area (Å²) in [7, 11) is -3.04. The molecule has 2 aliphatic rings. The molecule has 7 nitrogen and oxygen atoms in total. The Morgan fingerprint density at radius 1 is 1.28 bits per heavy atom. The van der Waals surface area contributed by atoms with E-state index in [2.05, 4.69) is 5.32 Å². The highest BCUT2D eigenvalue weighted by Gasteiger charge is 2.40. The van der Waals surface area contributed by atoms with Gasteiger partial charge >= 0.3 is 0 Å². The van der Waals surface area contributed by atoms with Crippen molar-refractivity contribution < 1.29 is 18.0 Å². The highest BCUT2D eigenvalue weighted by molar-refractivity contribution is 7.91. The van der Waals surface area contributed by atoms with Crippen LogP contribution >= 0.6 is 12.4 Å². The first kappa shape index (κ1) is 22.2. The minimum atomic E-state index is -3.04. The summed E-state index contributed by atoms with van der Waals surface area (Å²) in [4.78, 5) is 26.5. The lowest BCUT2D eigenvalue weighted by Gasteiger charge is -2.39. The standard InChI is InChI=1S/C16H29N3O4S.ClH/c1-3-19(15(21)13-6-4-5-8-16(13,2)17)10-14(20)18-12-7-9-24(22,23)11-12;/h12-13H,3-11,17H2,1-2H3,(H,18,20);1H. The van der Waals surface area contributed by atoms with Crippen molar-refractivity contribution in [3.8, 4) is 0 Å². The average Bonchev–Trinajstić information content (AvgIpc) is 2.82. The number of nitrogens with two attached hydrogens (primary N) is 1. The van der Waals surface area contributed by atoms with Crippen LogP contribution in [0.25, 0.3) is 0 Å². The fraction of sp³-hybridized carbons (Fsp3) is 0.875. The molecular weight excluding hydrogens is 366 g/mol. The van der Waals surface area contributed by atoms with E-state index in [1.54, 1.807) is 0 Å². The smallest absolute Gasteiger partial charge is 0.239 e. The molecule has 25 heavy (non-hydrogen) atoms. The minimum absolute atomic E-state index is 0. The van der Waals surface area contributed by atoms with Gasteiger partial charge in [-0.2, -0.15) is 0 Å². The minimum Gasteiger partial charge on any atom is -0.351 e. The lowest BCUT2D eigenvalue weighted by molar-refractivity contribution is -0.142. The number of nitrogens with one attached hydrogen (secondary N) is 1. The number of rotatable bonds is 5. The van der Waals surface area contributed by atoms with Crippen LogP contribution in [0, 0.1) is 5.92 Å². The SMILES string of the molecule is CCN(CC(=O)NC1CCS(=O)(=O)C1)C(=O)C1CCCCC1(C)N.Cl. The van der Waals surface area contributed by atoms with Gasteiger partial charge in [-0.15, -0.1) is 12.4 Å². The Kier molecular flexibility index (Phi) is 7.71. The second-order valence-electron chi connectivity index (χ2n) is 7.32. The Labute approximate surface area is 156 Å². The lowest BCUT2D eigenvalue weighted by atomic mass is 9.74. The van der Waals surface area contributed by atoms with Crippen LogP contribution in [-0.2, 0) is 19.4 Å². The summed E-state index contributed by atoms with van der Waals surface area (Å²) in [6, 6.07) is -0.342. The number of halogens is 1. The summed E-state index contributed by atoms with van der Waals surface area (Å²) in [5.41, 5.74) is 5.76. The molecule has 1 aliphatic heterocycles. The molecule has 1 saturated heterocycles. The van der Waals surface area contributed by atoms with E-state index in [1.807, 2.05) is 13.8 Å².